The predicted molar refractivity (Wildman–Crippen MR) is 49.7 cm³/mol. The summed E-state index contributed by atoms with van der Waals surface area (Å²) in [6.45, 7) is 0. The summed E-state index contributed by atoms with van der Waals surface area (Å²) in [6.07, 6.45) is 3.15. The van der Waals surface area contributed by atoms with Gasteiger partial charge in [0, 0.05) is 6.42 Å². The van der Waals surface area contributed by atoms with Gasteiger partial charge in [0.15, 0.2) is 0 Å². The molecule has 0 aliphatic carbocycles. The summed E-state index contributed by atoms with van der Waals surface area (Å²) in [5.74, 6) is 0.651. The number of esters is 1. The minimum Gasteiger partial charge on any atom is -0.431 e. The van der Waals surface area contributed by atoms with E-state index in [9.17, 15) is 4.79 Å². The molecule has 0 aromatic heterocycles. The zero-order valence-corrected chi connectivity index (χ0v) is 7.19. The van der Waals surface area contributed by atoms with E-state index in [1.54, 1.807) is 0 Å². The number of cyclic esters (lactones) is 1. The molecule has 0 N–H and O–H groups in total. The number of carbonyl (C=O) groups is 1. The summed E-state index contributed by atoms with van der Waals surface area (Å²) in [6, 6.07) is 9.85. The van der Waals surface area contributed by atoms with Crippen molar-refractivity contribution in [2.24, 2.45) is 0 Å². The van der Waals surface area contributed by atoms with Crippen LogP contribution in [0.2, 0.25) is 0 Å². The van der Waals surface area contributed by atoms with Crippen LogP contribution in [0.15, 0.2) is 36.1 Å². The summed E-state index contributed by atoms with van der Waals surface area (Å²) >= 11 is 0. The number of ether oxygens (including phenoxy) is 1. The van der Waals surface area contributed by atoms with Crippen molar-refractivity contribution in [1.29, 1.82) is 0 Å². The average molecular weight is 174 g/mol. The molecule has 0 spiro atoms. The van der Waals surface area contributed by atoms with E-state index in [0.717, 1.165) is 17.7 Å². The lowest BCUT2D eigenvalue weighted by atomic mass is 10.2. The lowest BCUT2D eigenvalue weighted by Gasteiger charge is -1.95. The van der Waals surface area contributed by atoms with Crippen LogP contribution in [-0.4, -0.2) is 5.97 Å². The van der Waals surface area contributed by atoms with Crippen molar-refractivity contribution in [3.8, 4) is 0 Å². The van der Waals surface area contributed by atoms with E-state index >= 15 is 0 Å². The van der Waals surface area contributed by atoms with Gasteiger partial charge < -0.3 is 4.74 Å². The normalized spacial score (nSPS) is 19.1. The smallest absolute Gasteiger partial charge is 0.311 e. The fourth-order valence-electron chi connectivity index (χ4n) is 1.31. The Hall–Kier alpha value is -1.57. The van der Waals surface area contributed by atoms with Crippen molar-refractivity contribution in [2.75, 3.05) is 0 Å². The standard InChI is InChI=1S/C11H10O2/c12-11-7-6-10(13-11)8-9-4-2-1-3-5-9/h1-5,8H,6-7H2. The van der Waals surface area contributed by atoms with E-state index in [1.165, 1.54) is 0 Å². The SMILES string of the molecule is O=C1CCC(=Cc2ccccc2)O1. The van der Waals surface area contributed by atoms with Crippen LogP contribution in [0.5, 0.6) is 0 Å². The number of benzene rings is 1. The van der Waals surface area contributed by atoms with E-state index in [0.29, 0.717) is 6.42 Å². The second-order valence-corrected chi connectivity index (χ2v) is 3.00. The number of hydrogen-bond donors (Lipinski definition) is 0. The van der Waals surface area contributed by atoms with Gasteiger partial charge in [0.25, 0.3) is 0 Å². The molecule has 0 atom stereocenters. The highest BCUT2D eigenvalue weighted by molar-refractivity contribution is 5.75. The molecule has 1 aromatic carbocycles. The van der Waals surface area contributed by atoms with Crippen molar-refractivity contribution < 1.29 is 9.53 Å². The predicted octanol–water partition coefficient (Wildman–Crippen LogP) is 2.36. The number of hydrogen-bond acceptors (Lipinski definition) is 2. The summed E-state index contributed by atoms with van der Waals surface area (Å²) < 4.78 is 4.99. The van der Waals surface area contributed by atoms with Gasteiger partial charge in [-0.05, 0) is 11.6 Å². The Bertz CT molecular complexity index is 338. The van der Waals surface area contributed by atoms with Gasteiger partial charge in [0.2, 0.25) is 0 Å². The molecule has 2 rings (SSSR count). The fraction of sp³-hybridized carbons (Fsp3) is 0.182. The number of allylic oxidation sites excluding steroid dienone is 1. The van der Waals surface area contributed by atoms with Crippen molar-refractivity contribution in [2.45, 2.75) is 12.8 Å². The van der Waals surface area contributed by atoms with E-state index in [1.807, 2.05) is 36.4 Å². The second kappa shape index (κ2) is 3.44. The summed E-state index contributed by atoms with van der Waals surface area (Å²) in [7, 11) is 0. The van der Waals surface area contributed by atoms with Gasteiger partial charge in [-0.25, -0.2) is 0 Å². The highest BCUT2D eigenvalue weighted by Crippen LogP contribution is 2.20. The van der Waals surface area contributed by atoms with Crippen LogP contribution in [-0.2, 0) is 9.53 Å². The maximum atomic E-state index is 10.8. The zero-order chi connectivity index (χ0) is 9.10. The van der Waals surface area contributed by atoms with Gasteiger partial charge in [0.1, 0.15) is 5.76 Å². The zero-order valence-electron chi connectivity index (χ0n) is 7.19. The van der Waals surface area contributed by atoms with Gasteiger partial charge in [-0.1, -0.05) is 30.3 Å². The van der Waals surface area contributed by atoms with Gasteiger partial charge in [-0.15, -0.1) is 0 Å². The van der Waals surface area contributed by atoms with Gasteiger partial charge in [-0.3, -0.25) is 4.79 Å². The monoisotopic (exact) mass is 174 g/mol. The maximum absolute atomic E-state index is 10.8. The Morgan fingerprint density at radius 2 is 1.92 bits per heavy atom. The quantitative estimate of drug-likeness (QED) is 0.611. The van der Waals surface area contributed by atoms with Crippen LogP contribution in [0.25, 0.3) is 6.08 Å². The number of rotatable bonds is 1. The average Bonchev–Trinajstić information content (AvgIpc) is 2.53. The molecule has 1 aliphatic heterocycles. The maximum Gasteiger partial charge on any atom is 0.311 e. The van der Waals surface area contributed by atoms with Crippen LogP contribution >= 0.6 is 0 Å². The summed E-state index contributed by atoms with van der Waals surface area (Å²) in [5.41, 5.74) is 1.08. The molecular weight excluding hydrogens is 164 g/mol. The summed E-state index contributed by atoms with van der Waals surface area (Å²) in [4.78, 5) is 10.8. The molecule has 1 aliphatic rings. The third-order valence-corrected chi connectivity index (χ3v) is 1.95. The van der Waals surface area contributed by atoms with Crippen molar-refractivity contribution >= 4 is 12.0 Å². The molecule has 1 fully saturated rings. The van der Waals surface area contributed by atoms with Crippen LogP contribution < -0.4 is 0 Å². The highest BCUT2D eigenvalue weighted by atomic mass is 16.5. The minimum absolute atomic E-state index is 0.123. The molecule has 0 amide bonds. The van der Waals surface area contributed by atoms with E-state index < -0.39 is 0 Å². The lowest BCUT2D eigenvalue weighted by Crippen LogP contribution is -1.88. The molecule has 0 saturated carbocycles. The van der Waals surface area contributed by atoms with Crippen LogP contribution in [0, 0.1) is 0 Å². The van der Waals surface area contributed by atoms with Gasteiger partial charge >= 0.3 is 5.97 Å². The molecular formula is C11H10O2. The Labute approximate surface area is 76.8 Å². The number of carbonyl (C=O) groups excluding carboxylic acids is 1. The lowest BCUT2D eigenvalue weighted by molar-refractivity contribution is -0.135. The van der Waals surface area contributed by atoms with E-state index in [2.05, 4.69) is 0 Å². The Kier molecular flexibility index (Phi) is 2.13. The third kappa shape index (κ3) is 1.96. The largest absolute Gasteiger partial charge is 0.431 e. The van der Waals surface area contributed by atoms with Crippen LogP contribution in [0.3, 0.4) is 0 Å². The van der Waals surface area contributed by atoms with Gasteiger partial charge in [-0.2, -0.15) is 0 Å². The molecule has 2 heteroatoms. The molecule has 13 heavy (non-hydrogen) atoms. The second-order valence-electron chi connectivity index (χ2n) is 3.00. The first kappa shape index (κ1) is 8.05. The van der Waals surface area contributed by atoms with E-state index in [4.69, 9.17) is 4.74 Å². The fourth-order valence-corrected chi connectivity index (χ4v) is 1.31. The summed E-state index contributed by atoms with van der Waals surface area (Å²) in [5, 5.41) is 0. The first-order valence-corrected chi connectivity index (χ1v) is 4.31. The molecule has 0 bridgehead atoms. The Morgan fingerprint density at radius 3 is 2.54 bits per heavy atom. The van der Waals surface area contributed by atoms with Crippen molar-refractivity contribution in [1.82, 2.24) is 0 Å². The van der Waals surface area contributed by atoms with Crippen LogP contribution in [0.1, 0.15) is 18.4 Å². The highest BCUT2D eigenvalue weighted by Gasteiger charge is 2.16. The van der Waals surface area contributed by atoms with Crippen molar-refractivity contribution in [3.05, 3.63) is 41.7 Å². The first-order valence-electron chi connectivity index (χ1n) is 4.31. The van der Waals surface area contributed by atoms with Gasteiger partial charge in [0.05, 0.1) is 6.42 Å². The molecule has 1 aromatic rings. The third-order valence-electron chi connectivity index (χ3n) is 1.95. The minimum atomic E-state index is -0.123. The molecule has 2 nitrogen and oxygen atoms in total. The molecule has 0 radical (unpaired) electrons. The van der Waals surface area contributed by atoms with E-state index in [-0.39, 0.29) is 5.97 Å². The molecule has 1 saturated heterocycles. The van der Waals surface area contributed by atoms with Crippen LogP contribution in [0.4, 0.5) is 0 Å². The molecule has 66 valence electrons. The molecule has 1 heterocycles. The van der Waals surface area contributed by atoms with Crippen molar-refractivity contribution in [3.63, 3.8) is 0 Å². The Balaban J connectivity index is 2.17. The first-order chi connectivity index (χ1) is 6.34. The molecule has 0 unspecified atom stereocenters. The topological polar surface area (TPSA) is 26.3 Å². The Morgan fingerprint density at radius 1 is 1.15 bits per heavy atom.